The molecule has 0 bridgehead atoms. The molecule has 5 N–H and O–H groups in total. The highest BCUT2D eigenvalue weighted by Gasteiger charge is 2.00. The van der Waals surface area contributed by atoms with E-state index in [2.05, 4.69) is 15.2 Å². The van der Waals surface area contributed by atoms with Crippen molar-refractivity contribution in [3.05, 3.63) is 0 Å². The van der Waals surface area contributed by atoms with E-state index in [-0.39, 0.29) is 19.1 Å². The molecular formula is C5H12F2N4O. The van der Waals surface area contributed by atoms with Gasteiger partial charge in [0.25, 0.3) is 6.43 Å². The summed E-state index contributed by atoms with van der Waals surface area (Å²) >= 11 is 0. The molecule has 0 aliphatic heterocycles. The number of rotatable bonds is 5. The Morgan fingerprint density at radius 1 is 1.58 bits per heavy atom. The molecule has 0 saturated heterocycles. The summed E-state index contributed by atoms with van der Waals surface area (Å²) in [6, 6.07) is 0. The summed E-state index contributed by atoms with van der Waals surface area (Å²) in [5, 5.41) is 0. The number of hydrazine groups is 1. The molecular weight excluding hydrogens is 170 g/mol. The Balaban J connectivity index is 3.21. The van der Waals surface area contributed by atoms with E-state index < -0.39 is 13.0 Å². The van der Waals surface area contributed by atoms with E-state index in [1.54, 1.807) is 0 Å². The minimum absolute atomic E-state index is 0.0515. The fraction of sp³-hybridized carbons (Fsp3) is 0.800. The van der Waals surface area contributed by atoms with Gasteiger partial charge in [-0.25, -0.2) is 19.6 Å². The van der Waals surface area contributed by atoms with Crippen molar-refractivity contribution in [3.63, 3.8) is 0 Å². The van der Waals surface area contributed by atoms with Crippen molar-refractivity contribution < 1.29 is 13.5 Å². The lowest BCUT2D eigenvalue weighted by Crippen LogP contribution is -2.37. The van der Waals surface area contributed by atoms with Gasteiger partial charge in [-0.05, 0) is 0 Å². The maximum absolute atomic E-state index is 11.5. The zero-order valence-corrected chi connectivity index (χ0v) is 6.46. The number of guanidine groups is 1. The van der Waals surface area contributed by atoms with Crippen LogP contribution in [0, 0.1) is 0 Å². The van der Waals surface area contributed by atoms with Crippen LogP contribution in [0.15, 0.2) is 4.99 Å². The molecule has 0 atom stereocenters. The number of ether oxygens (including phenoxy) is 1. The zero-order chi connectivity index (χ0) is 9.40. The Hall–Kier alpha value is -0.950. The maximum atomic E-state index is 11.5. The fourth-order valence-corrected chi connectivity index (χ4v) is 0.449. The van der Waals surface area contributed by atoms with Gasteiger partial charge in [-0.2, -0.15) is 0 Å². The third-order valence-electron chi connectivity index (χ3n) is 0.909. The van der Waals surface area contributed by atoms with Gasteiger partial charge in [0.15, 0.2) is 0 Å². The van der Waals surface area contributed by atoms with Crippen LogP contribution in [0.1, 0.15) is 0 Å². The molecule has 0 amide bonds. The highest BCUT2D eigenvalue weighted by atomic mass is 19.3. The molecule has 0 radical (unpaired) electrons. The van der Waals surface area contributed by atoms with E-state index in [0.717, 1.165) is 0 Å². The van der Waals surface area contributed by atoms with E-state index in [1.165, 1.54) is 0 Å². The second-order valence-electron chi connectivity index (χ2n) is 1.88. The monoisotopic (exact) mass is 182 g/mol. The fourth-order valence-electron chi connectivity index (χ4n) is 0.449. The van der Waals surface area contributed by atoms with E-state index in [9.17, 15) is 8.78 Å². The number of aliphatic imine (C=N–C) groups is 1. The van der Waals surface area contributed by atoms with Crippen molar-refractivity contribution in [2.45, 2.75) is 6.43 Å². The predicted molar refractivity (Wildman–Crippen MR) is 40.6 cm³/mol. The molecule has 0 heterocycles. The van der Waals surface area contributed by atoms with Crippen molar-refractivity contribution in [1.29, 1.82) is 0 Å². The number of hydrogen-bond donors (Lipinski definition) is 3. The van der Waals surface area contributed by atoms with Crippen molar-refractivity contribution in [2.75, 3.05) is 19.8 Å². The first-order valence-corrected chi connectivity index (χ1v) is 3.29. The topological polar surface area (TPSA) is 85.7 Å². The van der Waals surface area contributed by atoms with E-state index >= 15 is 0 Å². The second kappa shape index (κ2) is 6.74. The average molecular weight is 182 g/mol. The van der Waals surface area contributed by atoms with E-state index in [0.29, 0.717) is 0 Å². The largest absolute Gasteiger partial charge is 0.374 e. The SMILES string of the molecule is NNC(N)=NCCOCC(F)F. The molecule has 0 aromatic rings. The first kappa shape index (κ1) is 11.1. The molecule has 5 nitrogen and oxygen atoms in total. The van der Waals surface area contributed by atoms with Crippen LogP contribution in [0.25, 0.3) is 0 Å². The summed E-state index contributed by atoms with van der Waals surface area (Å²) in [6.07, 6.45) is -2.45. The van der Waals surface area contributed by atoms with E-state index in [4.69, 9.17) is 11.6 Å². The Bertz CT molecular complexity index is 141. The number of nitrogens with zero attached hydrogens (tertiary/aromatic N) is 1. The van der Waals surface area contributed by atoms with Gasteiger partial charge >= 0.3 is 0 Å². The van der Waals surface area contributed by atoms with Crippen molar-refractivity contribution in [3.8, 4) is 0 Å². The summed E-state index contributed by atoms with van der Waals surface area (Å²) in [4.78, 5) is 3.63. The van der Waals surface area contributed by atoms with Gasteiger partial charge in [0.05, 0.1) is 13.2 Å². The first-order chi connectivity index (χ1) is 5.66. The molecule has 0 aliphatic carbocycles. The molecule has 0 fully saturated rings. The minimum atomic E-state index is -2.45. The van der Waals surface area contributed by atoms with Crippen LogP contribution in [0.3, 0.4) is 0 Å². The molecule has 0 spiro atoms. The standard InChI is InChI=1S/C5H12F2N4O/c6-4(7)3-12-2-1-10-5(8)11-9/h4H,1-3,9H2,(H3,8,10,11). The van der Waals surface area contributed by atoms with Gasteiger partial charge in [0.2, 0.25) is 5.96 Å². The lowest BCUT2D eigenvalue weighted by atomic mass is 10.7. The third-order valence-corrected chi connectivity index (χ3v) is 0.909. The summed E-state index contributed by atoms with van der Waals surface area (Å²) in [7, 11) is 0. The Kier molecular flexibility index (Phi) is 6.21. The quantitative estimate of drug-likeness (QED) is 0.168. The second-order valence-corrected chi connectivity index (χ2v) is 1.88. The van der Waals surface area contributed by atoms with Crippen molar-refractivity contribution in [2.24, 2.45) is 16.6 Å². The van der Waals surface area contributed by atoms with Gasteiger partial charge in [-0.1, -0.05) is 0 Å². The number of hydrogen-bond acceptors (Lipinski definition) is 3. The van der Waals surface area contributed by atoms with Gasteiger partial charge in [-0.3, -0.25) is 5.43 Å². The smallest absolute Gasteiger partial charge is 0.261 e. The minimum Gasteiger partial charge on any atom is -0.374 e. The average Bonchev–Trinajstić information content (AvgIpc) is 2.03. The molecule has 0 aromatic carbocycles. The molecule has 0 aromatic heterocycles. The maximum Gasteiger partial charge on any atom is 0.261 e. The number of alkyl halides is 2. The molecule has 0 saturated carbocycles. The van der Waals surface area contributed by atoms with Gasteiger partial charge in [-0.15, -0.1) is 0 Å². The van der Waals surface area contributed by atoms with Crippen molar-refractivity contribution in [1.82, 2.24) is 5.43 Å². The summed E-state index contributed by atoms with van der Waals surface area (Å²) in [5.74, 6) is 4.92. The van der Waals surface area contributed by atoms with Crippen LogP contribution in [0.5, 0.6) is 0 Å². The van der Waals surface area contributed by atoms with Crippen LogP contribution in [-0.2, 0) is 4.74 Å². The lowest BCUT2D eigenvalue weighted by Gasteiger charge is -2.01. The lowest BCUT2D eigenvalue weighted by molar-refractivity contribution is 0.0207. The van der Waals surface area contributed by atoms with Crippen LogP contribution in [0.4, 0.5) is 8.78 Å². The molecule has 0 rings (SSSR count). The number of halogens is 2. The van der Waals surface area contributed by atoms with Crippen molar-refractivity contribution >= 4 is 5.96 Å². The van der Waals surface area contributed by atoms with Crippen LogP contribution >= 0.6 is 0 Å². The zero-order valence-electron chi connectivity index (χ0n) is 6.46. The summed E-state index contributed by atoms with van der Waals surface area (Å²) < 4.78 is 27.4. The number of nitrogens with two attached hydrogens (primary N) is 2. The van der Waals surface area contributed by atoms with Gasteiger partial charge in [0.1, 0.15) is 6.61 Å². The molecule has 0 aliphatic rings. The van der Waals surface area contributed by atoms with Crippen LogP contribution in [-0.4, -0.2) is 32.1 Å². The highest BCUT2D eigenvalue weighted by Crippen LogP contribution is 1.91. The normalized spacial score (nSPS) is 12.2. The first-order valence-electron chi connectivity index (χ1n) is 3.29. The van der Waals surface area contributed by atoms with Gasteiger partial charge in [0, 0.05) is 0 Å². The Morgan fingerprint density at radius 2 is 2.25 bits per heavy atom. The summed E-state index contributed by atoms with van der Waals surface area (Å²) in [5.41, 5.74) is 7.21. The molecule has 12 heavy (non-hydrogen) atoms. The van der Waals surface area contributed by atoms with E-state index in [1.807, 2.05) is 0 Å². The summed E-state index contributed by atoms with van der Waals surface area (Å²) in [6.45, 7) is -0.263. The predicted octanol–water partition coefficient (Wildman–Crippen LogP) is -0.954. The Labute approximate surface area is 68.7 Å². The van der Waals surface area contributed by atoms with Gasteiger partial charge < -0.3 is 10.5 Å². The van der Waals surface area contributed by atoms with Crippen LogP contribution in [0.2, 0.25) is 0 Å². The Morgan fingerprint density at radius 3 is 2.75 bits per heavy atom. The highest BCUT2D eigenvalue weighted by molar-refractivity contribution is 5.77. The number of nitrogens with one attached hydrogen (secondary N) is 1. The van der Waals surface area contributed by atoms with Crippen LogP contribution < -0.4 is 17.0 Å². The molecule has 7 heteroatoms. The molecule has 72 valence electrons. The molecule has 0 unspecified atom stereocenters. The third kappa shape index (κ3) is 7.16.